The van der Waals surface area contributed by atoms with E-state index in [1.165, 1.54) is 6.20 Å². The van der Waals surface area contributed by atoms with Gasteiger partial charge in [0, 0.05) is 40.1 Å². The van der Waals surface area contributed by atoms with E-state index in [4.69, 9.17) is 10.7 Å². The minimum absolute atomic E-state index is 0.0804. The van der Waals surface area contributed by atoms with E-state index < -0.39 is 0 Å². The number of nitrogens with one attached hydrogen (secondary N) is 2. The fourth-order valence-electron chi connectivity index (χ4n) is 4.05. The molecule has 0 spiro atoms. The largest absolute Gasteiger partial charge is 0.405 e. The number of thiophene rings is 1. The summed E-state index contributed by atoms with van der Waals surface area (Å²) in [6.45, 7) is 1.98. The summed E-state index contributed by atoms with van der Waals surface area (Å²) in [6, 6.07) is 11.4. The van der Waals surface area contributed by atoms with Gasteiger partial charge in [0.2, 0.25) is 0 Å². The van der Waals surface area contributed by atoms with Crippen molar-refractivity contribution in [2.45, 2.75) is 13.0 Å². The molecule has 8 nitrogen and oxygen atoms in total. The predicted molar refractivity (Wildman–Crippen MR) is 135 cm³/mol. The number of hydrogen-bond donors (Lipinski definition) is 2. The number of aromatic nitrogens is 5. The second-order valence-corrected chi connectivity index (χ2v) is 8.79. The number of H-pyrrole nitrogens is 2. The smallest absolute Gasteiger partial charge is 0.302 e. The van der Waals surface area contributed by atoms with Crippen LogP contribution in [-0.4, -0.2) is 25.0 Å². The summed E-state index contributed by atoms with van der Waals surface area (Å²) in [5, 5.41) is 6.98. The van der Waals surface area contributed by atoms with E-state index in [2.05, 4.69) is 21.1 Å². The molecule has 170 valence electrons. The van der Waals surface area contributed by atoms with Crippen molar-refractivity contribution >= 4 is 27.1 Å². The predicted octanol–water partition coefficient (Wildman–Crippen LogP) is 3.62. The van der Waals surface area contributed by atoms with Crippen molar-refractivity contribution in [3.63, 3.8) is 0 Å². The zero-order valence-corrected chi connectivity index (χ0v) is 19.6. The SMILES string of the molecule is C[C@H](N=C(C=CN)c1[nH]cc[nH+]1)c1cc2scc(-c3cnn(C)c3)c2c(=O)n1-c1ccccc1. The van der Waals surface area contributed by atoms with Crippen LogP contribution >= 0.6 is 11.3 Å². The number of aliphatic imine (C=N–C) groups is 1. The molecule has 0 unspecified atom stereocenters. The first-order valence-corrected chi connectivity index (χ1v) is 11.7. The van der Waals surface area contributed by atoms with Crippen LogP contribution in [0.2, 0.25) is 0 Å². The molecule has 0 bridgehead atoms. The summed E-state index contributed by atoms with van der Waals surface area (Å²) in [4.78, 5) is 25.1. The number of nitrogens with two attached hydrogens (primary N) is 1. The Morgan fingerprint density at radius 1 is 1.32 bits per heavy atom. The molecule has 0 amide bonds. The van der Waals surface area contributed by atoms with E-state index in [1.54, 1.807) is 45.3 Å². The molecule has 1 aromatic carbocycles. The lowest BCUT2D eigenvalue weighted by Crippen LogP contribution is -2.23. The van der Waals surface area contributed by atoms with Gasteiger partial charge in [-0.05, 0) is 37.4 Å². The number of fused-ring (bicyclic) bond motifs is 1. The average Bonchev–Trinajstić information content (AvgIpc) is 3.60. The van der Waals surface area contributed by atoms with Gasteiger partial charge in [-0.15, -0.1) is 11.3 Å². The molecule has 0 aliphatic rings. The third-order valence-corrected chi connectivity index (χ3v) is 6.54. The van der Waals surface area contributed by atoms with Crippen LogP contribution in [0.3, 0.4) is 0 Å². The van der Waals surface area contributed by atoms with E-state index >= 15 is 0 Å². The van der Waals surface area contributed by atoms with E-state index in [-0.39, 0.29) is 11.6 Å². The van der Waals surface area contributed by atoms with Crippen LogP contribution in [-0.2, 0) is 7.05 Å². The summed E-state index contributed by atoms with van der Waals surface area (Å²) >= 11 is 1.55. The van der Waals surface area contributed by atoms with Crippen LogP contribution in [0.15, 0.2) is 88.6 Å². The van der Waals surface area contributed by atoms with Gasteiger partial charge in [0.05, 0.1) is 23.3 Å². The highest BCUT2D eigenvalue weighted by atomic mass is 32.1. The topological polar surface area (TPSA) is 108 Å². The zero-order valence-electron chi connectivity index (χ0n) is 18.8. The maximum atomic E-state index is 14.0. The standard InChI is InChI=1S/C25H23N7OS/c1-16(30-20(8-9-26)24-27-10-11-28-24)21-12-22-23(19(15-34-22)17-13-29-31(2)14-17)25(33)32(21)18-6-4-3-5-7-18/h3-16H,26H2,1-2H3,(H,27,28)/p+1/t16-/m0/s1. The van der Waals surface area contributed by atoms with Gasteiger partial charge in [-0.2, -0.15) is 5.10 Å². The molecule has 5 aromatic rings. The van der Waals surface area contributed by atoms with Gasteiger partial charge >= 0.3 is 5.82 Å². The highest BCUT2D eigenvalue weighted by molar-refractivity contribution is 7.17. The first-order chi connectivity index (χ1) is 16.6. The Bertz CT molecular complexity index is 1560. The van der Waals surface area contributed by atoms with Crippen LogP contribution in [0.4, 0.5) is 0 Å². The summed E-state index contributed by atoms with van der Waals surface area (Å²) in [6.07, 6.45) is 10.5. The van der Waals surface area contributed by atoms with Gasteiger partial charge < -0.3 is 5.73 Å². The van der Waals surface area contributed by atoms with E-state index in [0.29, 0.717) is 11.1 Å². The maximum absolute atomic E-state index is 14.0. The molecule has 0 radical (unpaired) electrons. The third kappa shape index (κ3) is 3.86. The normalized spacial score (nSPS) is 13.2. The fraction of sp³-hybridized carbons (Fsp3) is 0.120. The number of nitrogens with zero attached hydrogens (tertiary/aromatic N) is 4. The van der Waals surface area contributed by atoms with Crippen molar-refractivity contribution in [2.75, 3.05) is 0 Å². The molecular formula is C25H24N7OS+. The van der Waals surface area contributed by atoms with Crippen molar-refractivity contribution in [1.29, 1.82) is 0 Å². The van der Waals surface area contributed by atoms with Crippen molar-refractivity contribution in [3.05, 3.63) is 101 Å². The Morgan fingerprint density at radius 3 is 2.82 bits per heavy atom. The molecule has 0 saturated carbocycles. The number of para-hydroxylation sites is 1. The Morgan fingerprint density at radius 2 is 2.15 bits per heavy atom. The summed E-state index contributed by atoms with van der Waals surface area (Å²) in [5.41, 5.74) is 9.65. The minimum Gasteiger partial charge on any atom is -0.405 e. The van der Waals surface area contributed by atoms with Crippen LogP contribution < -0.4 is 16.3 Å². The van der Waals surface area contributed by atoms with Gasteiger partial charge in [-0.25, -0.2) is 9.97 Å². The van der Waals surface area contributed by atoms with Crippen molar-refractivity contribution < 1.29 is 4.98 Å². The van der Waals surface area contributed by atoms with Crippen LogP contribution in [0.5, 0.6) is 0 Å². The first kappa shape index (κ1) is 21.6. The number of imidazole rings is 1. The molecule has 4 aromatic heterocycles. The Hall–Kier alpha value is -4.24. The van der Waals surface area contributed by atoms with Gasteiger partial charge in [0.1, 0.15) is 18.1 Å². The summed E-state index contributed by atoms with van der Waals surface area (Å²) in [5.74, 6) is 0.734. The fourth-order valence-corrected chi connectivity index (χ4v) is 5.05. The molecule has 34 heavy (non-hydrogen) atoms. The minimum atomic E-state index is -0.329. The molecule has 0 aliphatic carbocycles. The number of aryl methyl sites for hydroxylation is 1. The molecule has 0 fully saturated rings. The number of aromatic amines is 2. The number of allylic oxidation sites excluding steroid dienone is 1. The molecule has 4 N–H and O–H groups in total. The quantitative estimate of drug-likeness (QED) is 0.370. The van der Waals surface area contributed by atoms with Crippen LogP contribution in [0, 0.1) is 0 Å². The molecule has 5 rings (SSSR count). The molecule has 0 saturated heterocycles. The first-order valence-electron chi connectivity index (χ1n) is 10.8. The van der Waals surface area contributed by atoms with Gasteiger partial charge in [0.25, 0.3) is 5.56 Å². The van der Waals surface area contributed by atoms with Crippen molar-refractivity contribution in [1.82, 2.24) is 19.3 Å². The molecular weight excluding hydrogens is 446 g/mol. The number of hydrogen-bond acceptors (Lipinski definition) is 5. The highest BCUT2D eigenvalue weighted by Gasteiger charge is 2.21. The summed E-state index contributed by atoms with van der Waals surface area (Å²) < 4.78 is 4.41. The monoisotopic (exact) mass is 470 g/mol. The number of pyridine rings is 1. The third-order valence-electron chi connectivity index (χ3n) is 5.61. The van der Waals surface area contributed by atoms with E-state index in [1.807, 2.05) is 55.9 Å². The Balaban J connectivity index is 1.75. The van der Waals surface area contributed by atoms with Crippen molar-refractivity contribution in [2.24, 2.45) is 17.8 Å². The zero-order chi connectivity index (χ0) is 23.7. The summed E-state index contributed by atoms with van der Waals surface area (Å²) in [7, 11) is 1.87. The second-order valence-electron chi connectivity index (χ2n) is 7.88. The van der Waals surface area contributed by atoms with Gasteiger partial charge in [-0.3, -0.25) is 19.0 Å². The van der Waals surface area contributed by atoms with E-state index in [9.17, 15) is 4.79 Å². The lowest BCUT2D eigenvalue weighted by molar-refractivity contribution is -0.377. The Kier molecular flexibility index (Phi) is 5.69. The molecule has 0 aliphatic heterocycles. The maximum Gasteiger partial charge on any atom is 0.302 e. The lowest BCUT2D eigenvalue weighted by Gasteiger charge is -2.17. The lowest BCUT2D eigenvalue weighted by atomic mass is 10.1. The van der Waals surface area contributed by atoms with Gasteiger partial charge in [-0.1, -0.05) is 18.2 Å². The van der Waals surface area contributed by atoms with Crippen LogP contribution in [0.25, 0.3) is 26.9 Å². The van der Waals surface area contributed by atoms with E-state index in [0.717, 1.165) is 33.0 Å². The number of rotatable bonds is 6. The number of benzene rings is 1. The van der Waals surface area contributed by atoms with Crippen LogP contribution in [0.1, 0.15) is 24.5 Å². The molecule has 4 heterocycles. The van der Waals surface area contributed by atoms with Gasteiger partial charge in [0.15, 0.2) is 0 Å². The van der Waals surface area contributed by atoms with Crippen molar-refractivity contribution in [3.8, 4) is 16.8 Å². The molecule has 9 heteroatoms. The average molecular weight is 471 g/mol. The molecule has 1 atom stereocenters. The Labute approximate surface area is 199 Å². The highest BCUT2D eigenvalue weighted by Crippen LogP contribution is 2.34. The second kappa shape index (κ2) is 8.95.